The molecule has 0 spiro atoms. The number of nitrogens with zero attached hydrogens (tertiary/aromatic N) is 2. The number of hydrogen-bond acceptors (Lipinski definition) is 3. The third-order valence-electron chi connectivity index (χ3n) is 3.14. The first-order valence-electron chi connectivity index (χ1n) is 5.52. The molecular formula is C12H14N2O3. The maximum absolute atomic E-state index is 11.7. The van der Waals surface area contributed by atoms with Crippen LogP contribution in [-0.2, 0) is 9.59 Å². The Morgan fingerprint density at radius 1 is 1.65 bits per heavy atom. The molecule has 2 rings (SSSR count). The molecule has 90 valence electrons. The standard InChI is InChI=1S/C12H14N2O3/c1-8(9-3-2-4-13-6-9)14-7-10(12(16)17)5-11(14)15/h2-4,6,8,10H,5,7H2,1H3,(H,16,17)/t8-,10+/m1/s1. The van der Waals surface area contributed by atoms with Crippen LogP contribution in [0.5, 0.6) is 0 Å². The quantitative estimate of drug-likeness (QED) is 0.849. The Kier molecular flexibility index (Phi) is 3.08. The molecule has 1 fully saturated rings. The largest absolute Gasteiger partial charge is 0.481 e. The topological polar surface area (TPSA) is 70.5 Å². The molecule has 2 atom stereocenters. The highest BCUT2D eigenvalue weighted by Gasteiger charge is 2.36. The van der Waals surface area contributed by atoms with E-state index in [1.54, 1.807) is 23.4 Å². The second-order valence-corrected chi connectivity index (χ2v) is 4.25. The summed E-state index contributed by atoms with van der Waals surface area (Å²) in [7, 11) is 0. The average Bonchev–Trinajstić information content (AvgIpc) is 2.72. The Morgan fingerprint density at radius 2 is 2.41 bits per heavy atom. The van der Waals surface area contributed by atoms with Crippen molar-refractivity contribution >= 4 is 11.9 Å². The molecule has 1 N–H and O–H groups in total. The monoisotopic (exact) mass is 234 g/mol. The fourth-order valence-corrected chi connectivity index (χ4v) is 2.07. The molecule has 0 bridgehead atoms. The van der Waals surface area contributed by atoms with E-state index in [4.69, 9.17) is 5.11 Å². The van der Waals surface area contributed by atoms with Gasteiger partial charge < -0.3 is 10.0 Å². The minimum Gasteiger partial charge on any atom is -0.481 e. The highest BCUT2D eigenvalue weighted by molar-refractivity contribution is 5.86. The minimum atomic E-state index is -0.903. The Bertz CT molecular complexity index is 433. The number of hydrogen-bond donors (Lipinski definition) is 1. The Labute approximate surface area is 99.1 Å². The molecule has 1 amide bonds. The molecule has 0 saturated carbocycles. The van der Waals surface area contributed by atoms with Gasteiger partial charge in [-0.25, -0.2) is 0 Å². The number of pyridine rings is 1. The van der Waals surface area contributed by atoms with Crippen LogP contribution < -0.4 is 0 Å². The molecule has 0 unspecified atom stereocenters. The maximum Gasteiger partial charge on any atom is 0.308 e. The van der Waals surface area contributed by atoms with Gasteiger partial charge in [-0.2, -0.15) is 0 Å². The van der Waals surface area contributed by atoms with E-state index in [1.807, 2.05) is 13.0 Å². The van der Waals surface area contributed by atoms with Gasteiger partial charge in [0.1, 0.15) is 0 Å². The van der Waals surface area contributed by atoms with Gasteiger partial charge in [0.05, 0.1) is 12.0 Å². The maximum atomic E-state index is 11.7. The van der Waals surface area contributed by atoms with Gasteiger partial charge in [0.2, 0.25) is 5.91 Å². The van der Waals surface area contributed by atoms with Gasteiger partial charge in [-0.1, -0.05) is 6.07 Å². The molecule has 1 aliphatic heterocycles. The SMILES string of the molecule is C[C@H](c1cccnc1)N1C[C@@H](C(=O)O)CC1=O. The lowest BCUT2D eigenvalue weighted by molar-refractivity contribution is -0.141. The van der Waals surface area contributed by atoms with E-state index in [0.717, 1.165) is 5.56 Å². The molecule has 5 heteroatoms. The number of likely N-dealkylation sites (tertiary alicyclic amines) is 1. The van der Waals surface area contributed by atoms with Crippen molar-refractivity contribution in [2.24, 2.45) is 5.92 Å². The van der Waals surface area contributed by atoms with Gasteiger partial charge in [-0.3, -0.25) is 14.6 Å². The highest BCUT2D eigenvalue weighted by Crippen LogP contribution is 2.27. The minimum absolute atomic E-state index is 0.0972. The molecular weight excluding hydrogens is 220 g/mol. The van der Waals surface area contributed by atoms with E-state index < -0.39 is 11.9 Å². The van der Waals surface area contributed by atoms with Crippen LogP contribution in [0.3, 0.4) is 0 Å². The molecule has 0 aliphatic carbocycles. The van der Waals surface area contributed by atoms with Crippen LogP contribution in [-0.4, -0.2) is 33.4 Å². The summed E-state index contributed by atoms with van der Waals surface area (Å²) in [6.07, 6.45) is 3.47. The molecule has 2 heterocycles. The lowest BCUT2D eigenvalue weighted by Crippen LogP contribution is -2.29. The normalized spacial score (nSPS) is 21.6. The summed E-state index contributed by atoms with van der Waals surface area (Å²) in [6, 6.07) is 3.57. The van der Waals surface area contributed by atoms with Gasteiger partial charge in [0, 0.05) is 25.4 Å². The molecule has 1 aromatic heterocycles. The zero-order chi connectivity index (χ0) is 12.4. The smallest absolute Gasteiger partial charge is 0.308 e. The van der Waals surface area contributed by atoms with Crippen molar-refractivity contribution in [2.75, 3.05) is 6.54 Å². The van der Waals surface area contributed by atoms with Gasteiger partial charge in [-0.05, 0) is 18.6 Å². The van der Waals surface area contributed by atoms with Gasteiger partial charge in [0.25, 0.3) is 0 Å². The predicted molar refractivity (Wildman–Crippen MR) is 60.1 cm³/mol. The second-order valence-electron chi connectivity index (χ2n) is 4.25. The zero-order valence-corrected chi connectivity index (χ0v) is 9.54. The van der Waals surface area contributed by atoms with Crippen LogP contribution in [0.2, 0.25) is 0 Å². The van der Waals surface area contributed by atoms with Crippen LogP contribution in [0.4, 0.5) is 0 Å². The second kappa shape index (κ2) is 4.53. The number of amides is 1. The number of carboxylic acids is 1. The van der Waals surface area contributed by atoms with Crippen molar-refractivity contribution in [3.8, 4) is 0 Å². The fourth-order valence-electron chi connectivity index (χ4n) is 2.07. The number of aliphatic carboxylic acids is 1. The predicted octanol–water partition coefficient (Wildman–Crippen LogP) is 1.08. The van der Waals surface area contributed by atoms with E-state index in [1.165, 1.54) is 0 Å². The van der Waals surface area contributed by atoms with Crippen molar-refractivity contribution in [3.05, 3.63) is 30.1 Å². The number of carbonyl (C=O) groups excluding carboxylic acids is 1. The molecule has 1 aromatic rings. The Morgan fingerprint density at radius 3 is 2.94 bits per heavy atom. The summed E-state index contributed by atoms with van der Waals surface area (Å²) in [5, 5.41) is 8.91. The van der Waals surface area contributed by atoms with Crippen LogP contribution in [0.15, 0.2) is 24.5 Å². The number of carbonyl (C=O) groups is 2. The summed E-state index contributed by atoms with van der Waals surface area (Å²) in [5.74, 6) is -1.59. The van der Waals surface area contributed by atoms with Crippen LogP contribution in [0.1, 0.15) is 24.9 Å². The molecule has 1 aliphatic rings. The lowest BCUT2D eigenvalue weighted by Gasteiger charge is -2.24. The highest BCUT2D eigenvalue weighted by atomic mass is 16.4. The first kappa shape index (κ1) is 11.6. The fraction of sp³-hybridized carbons (Fsp3) is 0.417. The Balaban J connectivity index is 2.14. The summed E-state index contributed by atoms with van der Waals surface area (Å²) >= 11 is 0. The number of rotatable bonds is 3. The molecule has 1 saturated heterocycles. The number of aromatic nitrogens is 1. The lowest BCUT2D eigenvalue weighted by atomic mass is 10.1. The van der Waals surface area contributed by atoms with Gasteiger partial charge in [-0.15, -0.1) is 0 Å². The first-order chi connectivity index (χ1) is 8.09. The van der Waals surface area contributed by atoms with Crippen molar-refractivity contribution < 1.29 is 14.7 Å². The third kappa shape index (κ3) is 2.27. The summed E-state index contributed by atoms with van der Waals surface area (Å²) in [4.78, 5) is 28.2. The van der Waals surface area contributed by atoms with Gasteiger partial charge >= 0.3 is 5.97 Å². The third-order valence-corrected chi connectivity index (χ3v) is 3.14. The zero-order valence-electron chi connectivity index (χ0n) is 9.54. The Hall–Kier alpha value is -1.91. The van der Waals surface area contributed by atoms with E-state index in [-0.39, 0.29) is 24.9 Å². The molecule has 17 heavy (non-hydrogen) atoms. The summed E-state index contributed by atoms with van der Waals surface area (Å²) < 4.78 is 0. The summed E-state index contributed by atoms with van der Waals surface area (Å²) in [6.45, 7) is 2.17. The van der Waals surface area contributed by atoms with Crippen molar-refractivity contribution in [2.45, 2.75) is 19.4 Å². The van der Waals surface area contributed by atoms with Crippen molar-refractivity contribution in [1.29, 1.82) is 0 Å². The molecule has 5 nitrogen and oxygen atoms in total. The van der Waals surface area contributed by atoms with E-state index in [2.05, 4.69) is 4.98 Å². The van der Waals surface area contributed by atoms with Crippen molar-refractivity contribution in [3.63, 3.8) is 0 Å². The van der Waals surface area contributed by atoms with E-state index >= 15 is 0 Å². The van der Waals surface area contributed by atoms with Gasteiger partial charge in [0.15, 0.2) is 0 Å². The number of carboxylic acid groups (broad SMARTS) is 1. The average molecular weight is 234 g/mol. The first-order valence-corrected chi connectivity index (χ1v) is 5.52. The molecule has 0 aromatic carbocycles. The van der Waals surface area contributed by atoms with Crippen LogP contribution in [0.25, 0.3) is 0 Å². The van der Waals surface area contributed by atoms with E-state index in [9.17, 15) is 9.59 Å². The van der Waals surface area contributed by atoms with E-state index in [0.29, 0.717) is 0 Å². The van der Waals surface area contributed by atoms with Crippen molar-refractivity contribution in [1.82, 2.24) is 9.88 Å². The summed E-state index contributed by atoms with van der Waals surface area (Å²) in [5.41, 5.74) is 0.923. The molecule has 0 radical (unpaired) electrons. The van der Waals surface area contributed by atoms with Crippen LogP contribution in [0, 0.1) is 5.92 Å². The van der Waals surface area contributed by atoms with Crippen LogP contribution >= 0.6 is 0 Å².